The van der Waals surface area contributed by atoms with Crippen LogP contribution in [0, 0.1) is 5.92 Å². The molecule has 1 saturated carbocycles. The fourth-order valence-electron chi connectivity index (χ4n) is 3.76. The third-order valence-electron chi connectivity index (χ3n) is 5.40. The number of amides is 2. The Labute approximate surface area is 177 Å². The van der Waals surface area contributed by atoms with Gasteiger partial charge in [-0.2, -0.15) is 0 Å². The molecule has 2 aromatic carbocycles. The Kier molecular flexibility index (Phi) is 5.95. The SMILES string of the molecule is CC(C)Sc1ccc(CC(=O)Nc2ccc3c(c2)CN(C(=O)C2CC2)CC3)cc1. The van der Waals surface area contributed by atoms with E-state index in [0.29, 0.717) is 24.1 Å². The van der Waals surface area contributed by atoms with E-state index in [9.17, 15) is 9.59 Å². The Morgan fingerprint density at radius 3 is 2.55 bits per heavy atom. The van der Waals surface area contributed by atoms with E-state index in [2.05, 4.69) is 37.4 Å². The molecule has 0 unspecified atom stereocenters. The van der Waals surface area contributed by atoms with E-state index < -0.39 is 0 Å². The molecule has 4 rings (SSSR count). The van der Waals surface area contributed by atoms with Gasteiger partial charge in [0.15, 0.2) is 0 Å². The number of hydrogen-bond acceptors (Lipinski definition) is 3. The van der Waals surface area contributed by atoms with Gasteiger partial charge in [-0.25, -0.2) is 0 Å². The highest BCUT2D eigenvalue weighted by molar-refractivity contribution is 7.99. The van der Waals surface area contributed by atoms with Gasteiger partial charge in [-0.3, -0.25) is 9.59 Å². The second-order valence-corrected chi connectivity index (χ2v) is 9.95. The summed E-state index contributed by atoms with van der Waals surface area (Å²) in [5.74, 6) is 0.532. The summed E-state index contributed by atoms with van der Waals surface area (Å²) in [7, 11) is 0. The van der Waals surface area contributed by atoms with Gasteiger partial charge in [-0.15, -0.1) is 11.8 Å². The topological polar surface area (TPSA) is 49.4 Å². The summed E-state index contributed by atoms with van der Waals surface area (Å²) in [5.41, 5.74) is 4.25. The Morgan fingerprint density at radius 2 is 1.86 bits per heavy atom. The number of carbonyl (C=O) groups excluding carboxylic acids is 2. The van der Waals surface area contributed by atoms with Crippen molar-refractivity contribution in [2.75, 3.05) is 11.9 Å². The average Bonchev–Trinajstić information content (AvgIpc) is 3.53. The second-order valence-electron chi connectivity index (χ2n) is 8.30. The molecule has 1 heterocycles. The number of fused-ring (bicyclic) bond motifs is 1. The van der Waals surface area contributed by atoms with Gasteiger partial charge in [-0.1, -0.05) is 32.0 Å². The van der Waals surface area contributed by atoms with Gasteiger partial charge < -0.3 is 10.2 Å². The van der Waals surface area contributed by atoms with E-state index in [1.165, 1.54) is 10.5 Å². The zero-order chi connectivity index (χ0) is 20.4. The van der Waals surface area contributed by atoms with Crippen LogP contribution in [0.3, 0.4) is 0 Å². The van der Waals surface area contributed by atoms with Crippen LogP contribution in [0.5, 0.6) is 0 Å². The Morgan fingerprint density at radius 1 is 1.10 bits per heavy atom. The van der Waals surface area contributed by atoms with Crippen molar-refractivity contribution in [1.82, 2.24) is 4.90 Å². The molecule has 0 aromatic heterocycles. The molecular formula is C24H28N2O2S. The van der Waals surface area contributed by atoms with E-state index >= 15 is 0 Å². The van der Waals surface area contributed by atoms with Gasteiger partial charge in [0.05, 0.1) is 6.42 Å². The average molecular weight is 409 g/mol. The van der Waals surface area contributed by atoms with E-state index in [0.717, 1.165) is 42.6 Å². The first-order chi connectivity index (χ1) is 14.0. The lowest BCUT2D eigenvalue weighted by Gasteiger charge is -2.29. The van der Waals surface area contributed by atoms with Gasteiger partial charge >= 0.3 is 0 Å². The van der Waals surface area contributed by atoms with E-state index in [1.54, 1.807) is 0 Å². The molecule has 1 N–H and O–H groups in total. The van der Waals surface area contributed by atoms with Gasteiger partial charge in [-0.05, 0) is 60.2 Å². The van der Waals surface area contributed by atoms with Crippen molar-refractivity contribution in [3.05, 3.63) is 59.2 Å². The van der Waals surface area contributed by atoms with E-state index in [4.69, 9.17) is 0 Å². The van der Waals surface area contributed by atoms with Gasteiger partial charge in [0, 0.05) is 34.8 Å². The first kappa shape index (κ1) is 20.0. The normalized spacial score (nSPS) is 15.9. The molecule has 4 nitrogen and oxygen atoms in total. The number of carbonyl (C=O) groups is 2. The number of nitrogens with one attached hydrogen (secondary N) is 1. The molecule has 2 aromatic rings. The van der Waals surface area contributed by atoms with E-state index in [1.807, 2.05) is 40.9 Å². The van der Waals surface area contributed by atoms with Crippen molar-refractivity contribution in [1.29, 1.82) is 0 Å². The van der Waals surface area contributed by atoms with Crippen LogP contribution in [0.15, 0.2) is 47.4 Å². The summed E-state index contributed by atoms with van der Waals surface area (Å²) in [6.07, 6.45) is 3.32. The lowest BCUT2D eigenvalue weighted by atomic mass is 9.98. The Hall–Kier alpha value is -2.27. The molecule has 1 aliphatic carbocycles. The maximum atomic E-state index is 12.5. The quantitative estimate of drug-likeness (QED) is 0.707. The zero-order valence-electron chi connectivity index (χ0n) is 17.1. The minimum Gasteiger partial charge on any atom is -0.338 e. The molecule has 5 heteroatoms. The molecule has 2 amide bonds. The Balaban J connectivity index is 1.36. The fraction of sp³-hybridized carbons (Fsp3) is 0.417. The molecular weight excluding hydrogens is 380 g/mol. The minimum absolute atomic E-state index is 0.0177. The highest BCUT2D eigenvalue weighted by atomic mass is 32.2. The third-order valence-corrected chi connectivity index (χ3v) is 6.42. The maximum Gasteiger partial charge on any atom is 0.228 e. The standard InChI is InChI=1S/C24H28N2O2S/c1-16(2)29-22-9-3-17(4-10-22)13-23(27)25-21-8-7-18-11-12-26(15-20(18)14-21)24(28)19-5-6-19/h3-4,7-10,14,16,19H,5-6,11-13,15H2,1-2H3,(H,25,27). The monoisotopic (exact) mass is 408 g/mol. The summed E-state index contributed by atoms with van der Waals surface area (Å²) in [4.78, 5) is 28.1. The predicted molar refractivity (Wildman–Crippen MR) is 118 cm³/mol. The molecule has 0 atom stereocenters. The van der Waals surface area contributed by atoms with Crippen LogP contribution in [0.2, 0.25) is 0 Å². The molecule has 0 spiro atoms. The van der Waals surface area contributed by atoms with Crippen molar-refractivity contribution in [3.8, 4) is 0 Å². The van der Waals surface area contributed by atoms with Crippen LogP contribution in [-0.4, -0.2) is 28.5 Å². The van der Waals surface area contributed by atoms with Crippen molar-refractivity contribution in [2.24, 2.45) is 5.92 Å². The minimum atomic E-state index is -0.0177. The molecule has 1 aliphatic heterocycles. The van der Waals surface area contributed by atoms with Crippen molar-refractivity contribution in [3.63, 3.8) is 0 Å². The molecule has 0 bridgehead atoms. The van der Waals surface area contributed by atoms with Gasteiger partial charge in [0.2, 0.25) is 11.8 Å². The van der Waals surface area contributed by atoms with Gasteiger partial charge in [0.25, 0.3) is 0 Å². The van der Waals surface area contributed by atoms with Crippen LogP contribution in [-0.2, 0) is 29.0 Å². The van der Waals surface area contributed by atoms with Crippen LogP contribution in [0.1, 0.15) is 43.4 Å². The maximum absolute atomic E-state index is 12.5. The number of thioether (sulfide) groups is 1. The van der Waals surface area contributed by atoms with Crippen molar-refractivity contribution >= 4 is 29.3 Å². The van der Waals surface area contributed by atoms with Crippen molar-refractivity contribution in [2.45, 2.75) is 56.2 Å². The highest BCUT2D eigenvalue weighted by Gasteiger charge is 2.34. The largest absolute Gasteiger partial charge is 0.338 e. The summed E-state index contributed by atoms with van der Waals surface area (Å²) in [6, 6.07) is 14.3. The molecule has 29 heavy (non-hydrogen) atoms. The molecule has 0 saturated heterocycles. The first-order valence-electron chi connectivity index (χ1n) is 10.4. The summed E-state index contributed by atoms with van der Waals surface area (Å²) in [5, 5.41) is 3.56. The van der Waals surface area contributed by atoms with Crippen LogP contribution in [0.25, 0.3) is 0 Å². The second kappa shape index (κ2) is 8.62. The molecule has 0 radical (unpaired) electrons. The lowest BCUT2D eigenvalue weighted by Crippen LogP contribution is -2.36. The van der Waals surface area contributed by atoms with Crippen LogP contribution < -0.4 is 5.32 Å². The van der Waals surface area contributed by atoms with Gasteiger partial charge in [0.1, 0.15) is 0 Å². The zero-order valence-corrected chi connectivity index (χ0v) is 17.9. The highest BCUT2D eigenvalue weighted by Crippen LogP contribution is 2.33. The third kappa shape index (κ3) is 5.21. The first-order valence-corrected chi connectivity index (χ1v) is 11.3. The summed E-state index contributed by atoms with van der Waals surface area (Å²) >= 11 is 1.82. The van der Waals surface area contributed by atoms with Crippen LogP contribution in [0.4, 0.5) is 5.69 Å². The molecule has 2 aliphatic rings. The number of hydrogen-bond donors (Lipinski definition) is 1. The summed E-state index contributed by atoms with van der Waals surface area (Å²) in [6.45, 7) is 5.81. The Bertz CT molecular complexity index is 904. The van der Waals surface area contributed by atoms with Crippen LogP contribution >= 0.6 is 11.8 Å². The smallest absolute Gasteiger partial charge is 0.228 e. The molecule has 1 fully saturated rings. The predicted octanol–water partition coefficient (Wildman–Crippen LogP) is 4.66. The molecule has 152 valence electrons. The fourth-order valence-corrected chi connectivity index (χ4v) is 4.60. The number of rotatable bonds is 6. The number of benzene rings is 2. The number of anilines is 1. The van der Waals surface area contributed by atoms with E-state index in [-0.39, 0.29) is 11.8 Å². The summed E-state index contributed by atoms with van der Waals surface area (Å²) < 4.78 is 0. The lowest BCUT2D eigenvalue weighted by molar-refractivity contribution is -0.133. The van der Waals surface area contributed by atoms with Crippen molar-refractivity contribution < 1.29 is 9.59 Å². The number of nitrogens with zero attached hydrogens (tertiary/aromatic N) is 1.